The van der Waals surface area contributed by atoms with Gasteiger partial charge in [0.15, 0.2) is 0 Å². The molecule has 56 valence electrons. The molecule has 0 saturated heterocycles. The van der Waals surface area contributed by atoms with Crippen molar-refractivity contribution < 1.29 is 4.92 Å². The van der Waals surface area contributed by atoms with Crippen LogP contribution in [0.2, 0.25) is 0 Å². The van der Waals surface area contributed by atoms with Crippen LogP contribution in [0.25, 0.3) is 0 Å². The van der Waals surface area contributed by atoms with Crippen LogP contribution in [0, 0.1) is 16.0 Å². The van der Waals surface area contributed by atoms with Crippen LogP contribution in [-0.2, 0) is 0 Å². The van der Waals surface area contributed by atoms with Crippen molar-refractivity contribution in [3.63, 3.8) is 0 Å². The largest absolute Gasteiger partial charge is 0.259 e. The van der Waals surface area contributed by atoms with Crippen molar-refractivity contribution in [2.75, 3.05) is 0 Å². The van der Waals surface area contributed by atoms with E-state index in [9.17, 15) is 10.1 Å². The first-order valence-electron chi connectivity index (χ1n) is 3.59. The Morgan fingerprint density at radius 2 is 2.40 bits per heavy atom. The van der Waals surface area contributed by atoms with Crippen molar-refractivity contribution >= 4 is 0 Å². The van der Waals surface area contributed by atoms with Crippen molar-refractivity contribution in [2.45, 2.75) is 26.2 Å². The normalized spacial score (nSPS) is 19.1. The second-order valence-corrected chi connectivity index (χ2v) is 2.61. The van der Waals surface area contributed by atoms with E-state index >= 15 is 0 Å². The third-order valence-electron chi connectivity index (χ3n) is 1.65. The van der Waals surface area contributed by atoms with E-state index in [1.807, 2.05) is 6.92 Å². The Balaban J connectivity index is 2.52. The average Bonchev–Trinajstić information content (AvgIpc) is 2.64. The van der Waals surface area contributed by atoms with Gasteiger partial charge in [-0.15, -0.1) is 0 Å². The lowest BCUT2D eigenvalue weighted by Gasteiger charge is -1.90. The molecule has 0 radical (unpaired) electrons. The second kappa shape index (κ2) is 2.82. The molecular formula is C7H11NO2. The Morgan fingerprint density at radius 1 is 1.80 bits per heavy atom. The zero-order valence-corrected chi connectivity index (χ0v) is 6.04. The fourth-order valence-corrected chi connectivity index (χ4v) is 0.843. The van der Waals surface area contributed by atoms with Crippen molar-refractivity contribution in [1.29, 1.82) is 0 Å². The van der Waals surface area contributed by atoms with Gasteiger partial charge in [-0.25, -0.2) is 0 Å². The summed E-state index contributed by atoms with van der Waals surface area (Å²) in [6, 6.07) is 0. The van der Waals surface area contributed by atoms with Gasteiger partial charge in [0.2, 0.25) is 5.70 Å². The van der Waals surface area contributed by atoms with Crippen LogP contribution in [0.4, 0.5) is 0 Å². The SMILES string of the molecule is CCC(=CC1CC1)[N+](=O)[O-]. The summed E-state index contributed by atoms with van der Waals surface area (Å²) in [5.74, 6) is 0.514. The molecule has 3 heteroatoms. The van der Waals surface area contributed by atoms with Gasteiger partial charge in [-0.05, 0) is 24.8 Å². The van der Waals surface area contributed by atoms with Gasteiger partial charge in [0.1, 0.15) is 0 Å². The number of nitro groups is 1. The molecule has 1 rings (SSSR count). The molecule has 1 fully saturated rings. The summed E-state index contributed by atoms with van der Waals surface area (Å²) < 4.78 is 0. The van der Waals surface area contributed by atoms with E-state index in [0.717, 1.165) is 12.8 Å². The molecule has 0 atom stereocenters. The van der Waals surface area contributed by atoms with Crippen molar-refractivity contribution in [3.05, 3.63) is 21.9 Å². The molecule has 0 unspecified atom stereocenters. The number of rotatable bonds is 3. The van der Waals surface area contributed by atoms with Crippen LogP contribution in [0.3, 0.4) is 0 Å². The minimum atomic E-state index is -0.279. The van der Waals surface area contributed by atoms with Crippen LogP contribution in [0.5, 0.6) is 0 Å². The highest BCUT2D eigenvalue weighted by Crippen LogP contribution is 2.31. The molecule has 10 heavy (non-hydrogen) atoms. The summed E-state index contributed by atoms with van der Waals surface area (Å²) in [5.41, 5.74) is 0.377. The molecule has 0 aliphatic heterocycles. The van der Waals surface area contributed by atoms with E-state index in [1.54, 1.807) is 6.08 Å². The summed E-state index contributed by atoms with van der Waals surface area (Å²) in [6.07, 6.45) is 4.61. The summed E-state index contributed by atoms with van der Waals surface area (Å²) >= 11 is 0. The van der Waals surface area contributed by atoms with Gasteiger partial charge in [0.05, 0.1) is 4.92 Å². The van der Waals surface area contributed by atoms with Gasteiger partial charge in [-0.1, -0.05) is 6.92 Å². The monoisotopic (exact) mass is 141 g/mol. The highest BCUT2D eigenvalue weighted by Gasteiger charge is 2.22. The molecule has 0 aromatic heterocycles. The maximum atomic E-state index is 10.2. The molecule has 0 aromatic carbocycles. The molecule has 1 aliphatic rings. The topological polar surface area (TPSA) is 43.1 Å². The lowest BCUT2D eigenvalue weighted by molar-refractivity contribution is -0.427. The Hall–Kier alpha value is -0.860. The van der Waals surface area contributed by atoms with Crippen molar-refractivity contribution in [3.8, 4) is 0 Å². The Kier molecular flexibility index (Phi) is 2.04. The van der Waals surface area contributed by atoms with Crippen LogP contribution in [-0.4, -0.2) is 4.92 Å². The zero-order chi connectivity index (χ0) is 7.56. The minimum Gasteiger partial charge on any atom is -0.259 e. The number of allylic oxidation sites excluding steroid dienone is 2. The number of nitrogens with zero attached hydrogens (tertiary/aromatic N) is 1. The maximum Gasteiger partial charge on any atom is 0.242 e. The van der Waals surface area contributed by atoms with Gasteiger partial charge in [0.25, 0.3) is 0 Å². The summed E-state index contributed by atoms with van der Waals surface area (Å²) in [7, 11) is 0. The first-order chi connectivity index (χ1) is 4.74. The number of hydrogen-bond donors (Lipinski definition) is 0. The van der Waals surface area contributed by atoms with Gasteiger partial charge in [0, 0.05) is 6.42 Å². The van der Waals surface area contributed by atoms with Crippen LogP contribution < -0.4 is 0 Å². The highest BCUT2D eigenvalue weighted by atomic mass is 16.6. The van der Waals surface area contributed by atoms with E-state index in [4.69, 9.17) is 0 Å². The van der Waals surface area contributed by atoms with Gasteiger partial charge in [-0.3, -0.25) is 10.1 Å². The van der Waals surface area contributed by atoms with E-state index in [-0.39, 0.29) is 4.92 Å². The quantitative estimate of drug-likeness (QED) is 0.445. The molecule has 0 amide bonds. The Bertz CT molecular complexity index is 170. The predicted octanol–water partition coefficient (Wildman–Crippen LogP) is 1.97. The van der Waals surface area contributed by atoms with Crippen molar-refractivity contribution in [2.24, 2.45) is 5.92 Å². The molecule has 1 saturated carbocycles. The second-order valence-electron chi connectivity index (χ2n) is 2.61. The summed E-state index contributed by atoms with van der Waals surface area (Å²) in [6.45, 7) is 1.82. The maximum absolute atomic E-state index is 10.2. The minimum absolute atomic E-state index is 0.279. The lowest BCUT2D eigenvalue weighted by atomic mass is 10.3. The van der Waals surface area contributed by atoms with Crippen LogP contribution in [0.15, 0.2) is 11.8 Å². The average molecular weight is 141 g/mol. The fraction of sp³-hybridized carbons (Fsp3) is 0.714. The van der Waals surface area contributed by atoms with Crippen LogP contribution in [0.1, 0.15) is 26.2 Å². The van der Waals surface area contributed by atoms with E-state index in [1.165, 1.54) is 0 Å². The smallest absolute Gasteiger partial charge is 0.242 e. The van der Waals surface area contributed by atoms with Crippen LogP contribution >= 0.6 is 0 Å². The Labute approximate surface area is 59.9 Å². The lowest BCUT2D eigenvalue weighted by Crippen LogP contribution is -1.96. The molecule has 0 spiro atoms. The molecule has 0 heterocycles. The molecule has 0 N–H and O–H groups in total. The third-order valence-corrected chi connectivity index (χ3v) is 1.65. The third kappa shape index (κ3) is 1.83. The highest BCUT2D eigenvalue weighted by molar-refractivity contribution is 5.00. The van der Waals surface area contributed by atoms with Gasteiger partial charge < -0.3 is 0 Å². The molecular weight excluding hydrogens is 130 g/mol. The first kappa shape index (κ1) is 7.25. The molecule has 1 aliphatic carbocycles. The van der Waals surface area contributed by atoms with Gasteiger partial charge in [-0.2, -0.15) is 0 Å². The summed E-state index contributed by atoms with van der Waals surface area (Å²) in [4.78, 5) is 9.95. The first-order valence-corrected chi connectivity index (χ1v) is 3.59. The van der Waals surface area contributed by atoms with Gasteiger partial charge >= 0.3 is 0 Å². The Morgan fingerprint density at radius 3 is 2.70 bits per heavy atom. The molecule has 0 aromatic rings. The van der Waals surface area contributed by atoms with Crippen molar-refractivity contribution in [1.82, 2.24) is 0 Å². The zero-order valence-electron chi connectivity index (χ0n) is 6.04. The molecule has 3 nitrogen and oxygen atoms in total. The molecule has 0 bridgehead atoms. The summed E-state index contributed by atoms with van der Waals surface area (Å²) in [5, 5.41) is 10.2. The number of hydrogen-bond acceptors (Lipinski definition) is 2. The standard InChI is InChI=1S/C7H11NO2/c1-2-7(8(9)10)5-6-3-4-6/h5-6H,2-4H2,1H3. The van der Waals surface area contributed by atoms with E-state index in [0.29, 0.717) is 18.0 Å². The fourth-order valence-electron chi connectivity index (χ4n) is 0.843. The predicted molar refractivity (Wildman–Crippen MR) is 38.1 cm³/mol. The van der Waals surface area contributed by atoms with E-state index in [2.05, 4.69) is 0 Å². The van der Waals surface area contributed by atoms with E-state index < -0.39 is 0 Å².